The second-order valence-electron chi connectivity index (χ2n) is 8.20. The van der Waals surface area contributed by atoms with E-state index in [1.165, 1.54) is 6.07 Å². The number of halogens is 3. The number of ether oxygens (including phenoxy) is 1. The van der Waals surface area contributed by atoms with Gasteiger partial charge in [0.2, 0.25) is 5.91 Å². The van der Waals surface area contributed by atoms with Gasteiger partial charge < -0.3 is 9.64 Å². The van der Waals surface area contributed by atoms with Crippen LogP contribution in [0.1, 0.15) is 43.2 Å². The summed E-state index contributed by atoms with van der Waals surface area (Å²) in [7, 11) is 0. The first-order valence-corrected chi connectivity index (χ1v) is 10.2. The van der Waals surface area contributed by atoms with Crippen molar-refractivity contribution in [3.63, 3.8) is 0 Å². The van der Waals surface area contributed by atoms with Gasteiger partial charge in [-0.05, 0) is 43.7 Å². The summed E-state index contributed by atoms with van der Waals surface area (Å²) in [6.07, 6.45) is 0.120. The van der Waals surface area contributed by atoms with E-state index in [2.05, 4.69) is 9.80 Å². The molecule has 1 aromatic carbocycles. The lowest BCUT2D eigenvalue weighted by Crippen LogP contribution is -2.51. The van der Waals surface area contributed by atoms with Crippen LogP contribution >= 0.6 is 0 Å². The van der Waals surface area contributed by atoms with Crippen molar-refractivity contribution < 1.29 is 22.7 Å². The zero-order valence-electron chi connectivity index (χ0n) is 16.0. The minimum absolute atomic E-state index is 0.0919. The molecule has 1 aromatic rings. The van der Waals surface area contributed by atoms with Crippen LogP contribution in [0.15, 0.2) is 24.3 Å². The maximum Gasteiger partial charge on any atom is 0.416 e. The molecule has 0 spiro atoms. The van der Waals surface area contributed by atoms with Crippen LogP contribution in [0.2, 0.25) is 0 Å². The first kappa shape index (κ1) is 19.7. The molecule has 4 rings (SSSR count). The van der Waals surface area contributed by atoms with Crippen molar-refractivity contribution in [2.24, 2.45) is 5.92 Å². The Morgan fingerprint density at radius 3 is 2.46 bits per heavy atom. The molecule has 1 atom stereocenters. The zero-order valence-corrected chi connectivity index (χ0v) is 16.0. The second-order valence-corrected chi connectivity index (χ2v) is 8.20. The smallest absolute Gasteiger partial charge is 0.381 e. The van der Waals surface area contributed by atoms with E-state index in [9.17, 15) is 18.0 Å². The van der Waals surface area contributed by atoms with Gasteiger partial charge in [0, 0.05) is 50.8 Å². The Hall–Kier alpha value is -1.60. The average molecular weight is 396 g/mol. The topological polar surface area (TPSA) is 32.8 Å². The molecule has 7 heteroatoms. The van der Waals surface area contributed by atoms with Crippen molar-refractivity contribution >= 4 is 5.91 Å². The Morgan fingerprint density at radius 1 is 1.07 bits per heavy atom. The molecule has 3 aliphatic rings. The lowest BCUT2D eigenvalue weighted by atomic mass is 10.0. The monoisotopic (exact) mass is 396 g/mol. The summed E-state index contributed by atoms with van der Waals surface area (Å²) in [6.45, 7) is 2.98. The standard InChI is InChI=1S/C21H27F3N2O2/c22-21(23,24)19-4-2-1-3-16(19)13-25-10-7-18(14-25)26(20(27)15-5-6-15)17-8-11-28-12-9-17/h1-4,15,17-18H,5-14H2. The highest BCUT2D eigenvalue weighted by Gasteiger charge is 2.42. The van der Waals surface area contributed by atoms with Gasteiger partial charge in [0.05, 0.1) is 5.56 Å². The molecule has 2 aliphatic heterocycles. The van der Waals surface area contributed by atoms with E-state index in [-0.39, 0.29) is 30.5 Å². The van der Waals surface area contributed by atoms with E-state index in [1.807, 2.05) is 0 Å². The van der Waals surface area contributed by atoms with Crippen molar-refractivity contribution in [2.45, 2.75) is 56.9 Å². The van der Waals surface area contributed by atoms with E-state index in [4.69, 9.17) is 4.74 Å². The molecule has 2 heterocycles. The lowest BCUT2D eigenvalue weighted by molar-refractivity contribution is -0.139. The van der Waals surface area contributed by atoms with Crippen LogP contribution in [0.5, 0.6) is 0 Å². The van der Waals surface area contributed by atoms with E-state index in [1.54, 1.807) is 12.1 Å². The van der Waals surface area contributed by atoms with Gasteiger partial charge in [-0.15, -0.1) is 0 Å². The largest absolute Gasteiger partial charge is 0.416 e. The summed E-state index contributed by atoms with van der Waals surface area (Å²) < 4.78 is 45.3. The van der Waals surface area contributed by atoms with Crippen LogP contribution in [0, 0.1) is 5.92 Å². The molecule has 0 aromatic heterocycles. The molecule has 2 saturated heterocycles. The number of carbonyl (C=O) groups is 1. The van der Waals surface area contributed by atoms with E-state index in [0.717, 1.165) is 38.2 Å². The molecule has 0 bridgehead atoms. The highest BCUT2D eigenvalue weighted by atomic mass is 19.4. The van der Waals surface area contributed by atoms with Gasteiger partial charge in [0.1, 0.15) is 0 Å². The minimum atomic E-state index is -4.34. The van der Waals surface area contributed by atoms with Gasteiger partial charge in [0.25, 0.3) is 0 Å². The van der Waals surface area contributed by atoms with Crippen LogP contribution in [0.3, 0.4) is 0 Å². The highest BCUT2D eigenvalue weighted by Crippen LogP contribution is 2.36. The molecule has 3 fully saturated rings. The number of rotatable bonds is 5. The van der Waals surface area contributed by atoms with Crippen molar-refractivity contribution in [1.82, 2.24) is 9.80 Å². The van der Waals surface area contributed by atoms with Crippen LogP contribution < -0.4 is 0 Å². The van der Waals surface area contributed by atoms with E-state index >= 15 is 0 Å². The highest BCUT2D eigenvalue weighted by molar-refractivity contribution is 5.81. The molecule has 4 nitrogen and oxygen atoms in total. The predicted octanol–water partition coefficient (Wildman–Crippen LogP) is 3.70. The summed E-state index contributed by atoms with van der Waals surface area (Å²) in [5, 5.41) is 0. The molecule has 1 amide bonds. The van der Waals surface area contributed by atoms with Gasteiger partial charge in [-0.3, -0.25) is 9.69 Å². The number of carbonyl (C=O) groups excluding carboxylic acids is 1. The normalized spacial score (nSPS) is 24.5. The summed E-state index contributed by atoms with van der Waals surface area (Å²) >= 11 is 0. The molecule has 0 N–H and O–H groups in total. The number of hydrogen-bond donors (Lipinski definition) is 0. The molecular weight excluding hydrogens is 369 g/mol. The Bertz CT molecular complexity index is 699. The Kier molecular flexibility index (Phi) is 5.65. The zero-order chi connectivity index (χ0) is 19.7. The fraction of sp³-hybridized carbons (Fsp3) is 0.667. The minimum Gasteiger partial charge on any atom is -0.381 e. The first-order valence-electron chi connectivity index (χ1n) is 10.2. The fourth-order valence-electron chi connectivity index (χ4n) is 4.52. The Morgan fingerprint density at radius 2 is 1.79 bits per heavy atom. The summed E-state index contributed by atoms with van der Waals surface area (Å²) in [4.78, 5) is 17.1. The van der Waals surface area contributed by atoms with Crippen LogP contribution in [-0.2, 0) is 22.3 Å². The fourth-order valence-corrected chi connectivity index (χ4v) is 4.52. The van der Waals surface area contributed by atoms with Crippen LogP contribution in [-0.4, -0.2) is 54.1 Å². The molecule has 28 heavy (non-hydrogen) atoms. The van der Waals surface area contributed by atoms with Crippen molar-refractivity contribution in [3.05, 3.63) is 35.4 Å². The maximum absolute atomic E-state index is 13.3. The number of alkyl halides is 3. The van der Waals surface area contributed by atoms with Crippen LogP contribution in [0.25, 0.3) is 0 Å². The number of nitrogens with zero attached hydrogens (tertiary/aromatic N) is 2. The summed E-state index contributed by atoms with van der Waals surface area (Å²) in [5.41, 5.74) is -0.254. The third-order valence-electron chi connectivity index (χ3n) is 6.12. The first-order chi connectivity index (χ1) is 13.4. The average Bonchev–Trinajstić information content (AvgIpc) is 3.43. The van der Waals surface area contributed by atoms with Crippen molar-refractivity contribution in [3.8, 4) is 0 Å². The van der Waals surface area contributed by atoms with Gasteiger partial charge in [-0.25, -0.2) is 0 Å². The number of amides is 1. The quantitative estimate of drug-likeness (QED) is 0.761. The van der Waals surface area contributed by atoms with Gasteiger partial charge in [-0.2, -0.15) is 13.2 Å². The molecule has 1 unspecified atom stereocenters. The Labute approximate surface area is 163 Å². The third-order valence-corrected chi connectivity index (χ3v) is 6.12. The lowest BCUT2D eigenvalue weighted by Gasteiger charge is -2.39. The predicted molar refractivity (Wildman–Crippen MR) is 98.5 cm³/mol. The third kappa shape index (κ3) is 4.35. The Balaban J connectivity index is 1.45. The second kappa shape index (κ2) is 8.03. The number of benzene rings is 1. The summed E-state index contributed by atoms with van der Waals surface area (Å²) in [6, 6.07) is 6.09. The van der Waals surface area contributed by atoms with E-state index in [0.29, 0.717) is 31.9 Å². The SMILES string of the molecule is O=C(C1CC1)N(C1CCOCC1)C1CCN(Cc2ccccc2C(F)(F)F)C1. The van der Waals surface area contributed by atoms with Crippen molar-refractivity contribution in [1.29, 1.82) is 0 Å². The number of likely N-dealkylation sites (tertiary alicyclic amines) is 1. The molecule has 1 aliphatic carbocycles. The van der Waals surface area contributed by atoms with Gasteiger partial charge in [0.15, 0.2) is 0 Å². The van der Waals surface area contributed by atoms with Gasteiger partial charge >= 0.3 is 6.18 Å². The molecule has 0 radical (unpaired) electrons. The van der Waals surface area contributed by atoms with Crippen molar-refractivity contribution in [2.75, 3.05) is 26.3 Å². The molecule has 1 saturated carbocycles. The summed E-state index contributed by atoms with van der Waals surface area (Å²) in [5.74, 6) is 0.400. The maximum atomic E-state index is 13.3. The number of hydrogen-bond acceptors (Lipinski definition) is 3. The van der Waals surface area contributed by atoms with Crippen LogP contribution in [0.4, 0.5) is 13.2 Å². The molecular formula is C21H27F3N2O2. The molecule has 154 valence electrons. The van der Waals surface area contributed by atoms with E-state index < -0.39 is 11.7 Å². The van der Waals surface area contributed by atoms with Gasteiger partial charge in [-0.1, -0.05) is 18.2 Å².